The van der Waals surface area contributed by atoms with Crippen LogP contribution in [0.1, 0.15) is 12.5 Å². The summed E-state index contributed by atoms with van der Waals surface area (Å²) in [6.45, 7) is 1.85. The fraction of sp³-hybridized carbons (Fsp3) is 0.417. The number of benzene rings is 1. The van der Waals surface area contributed by atoms with E-state index in [9.17, 15) is 13.2 Å². The Bertz CT molecular complexity index is 590. The largest absolute Gasteiger partial charge is 0.358 e. The van der Waals surface area contributed by atoms with Crippen molar-refractivity contribution in [3.05, 3.63) is 28.8 Å². The third-order valence-corrected chi connectivity index (χ3v) is 5.21. The monoisotopic (exact) mass is 319 g/mol. The summed E-state index contributed by atoms with van der Waals surface area (Å²) in [5.74, 6) is -0.384. The van der Waals surface area contributed by atoms with Crippen LogP contribution in [0.25, 0.3) is 0 Å². The zero-order valence-corrected chi connectivity index (χ0v) is 13.0. The van der Waals surface area contributed by atoms with Crippen LogP contribution in [0, 0.1) is 0 Å². The molecule has 8 heteroatoms. The predicted molar refractivity (Wildman–Crippen MR) is 77.8 cm³/mol. The molecule has 1 aromatic rings. The van der Waals surface area contributed by atoms with Crippen LogP contribution in [0.4, 0.5) is 0 Å². The van der Waals surface area contributed by atoms with Gasteiger partial charge in [-0.2, -0.15) is 4.31 Å². The lowest BCUT2D eigenvalue weighted by molar-refractivity contribution is -0.120. The Morgan fingerprint density at radius 1 is 1.45 bits per heavy atom. The summed E-state index contributed by atoms with van der Waals surface area (Å²) < 4.78 is 26.0. The first-order chi connectivity index (χ1) is 9.36. The summed E-state index contributed by atoms with van der Waals surface area (Å²) in [4.78, 5) is 11.4. The second-order valence-corrected chi connectivity index (χ2v) is 6.39. The molecule has 0 fully saturated rings. The molecule has 6 nitrogen and oxygen atoms in total. The maximum atomic E-state index is 12.5. The topological polar surface area (TPSA) is 92.5 Å². The number of halogens is 1. The van der Waals surface area contributed by atoms with E-state index in [2.05, 4.69) is 5.32 Å². The molecular formula is C12H18ClN3O3S. The van der Waals surface area contributed by atoms with Crippen molar-refractivity contribution in [2.24, 2.45) is 5.73 Å². The molecule has 0 aromatic heterocycles. The van der Waals surface area contributed by atoms with Crippen molar-refractivity contribution in [2.75, 3.05) is 20.1 Å². The Kier molecular flexibility index (Phi) is 5.94. The van der Waals surface area contributed by atoms with Gasteiger partial charge in [-0.05, 0) is 17.7 Å². The van der Waals surface area contributed by atoms with Gasteiger partial charge in [0.15, 0.2) is 0 Å². The van der Waals surface area contributed by atoms with Gasteiger partial charge in [0, 0.05) is 20.1 Å². The first-order valence-electron chi connectivity index (χ1n) is 6.06. The summed E-state index contributed by atoms with van der Waals surface area (Å²) in [6.07, 6.45) is 0. The number of rotatable bonds is 6. The van der Waals surface area contributed by atoms with E-state index in [1.807, 2.05) is 0 Å². The SMILES string of the molecule is CCN(CC(=O)NC)S(=O)(=O)c1ccc(CN)cc1Cl. The molecule has 1 amide bonds. The highest BCUT2D eigenvalue weighted by atomic mass is 35.5. The summed E-state index contributed by atoms with van der Waals surface area (Å²) in [6, 6.07) is 4.53. The quantitative estimate of drug-likeness (QED) is 0.801. The van der Waals surface area contributed by atoms with Crippen molar-refractivity contribution in [2.45, 2.75) is 18.4 Å². The van der Waals surface area contributed by atoms with E-state index >= 15 is 0 Å². The lowest BCUT2D eigenvalue weighted by Crippen LogP contribution is -2.39. The molecule has 0 heterocycles. The maximum absolute atomic E-state index is 12.5. The highest BCUT2D eigenvalue weighted by molar-refractivity contribution is 7.89. The predicted octanol–water partition coefficient (Wildman–Crippen LogP) is 0.555. The molecule has 0 saturated carbocycles. The fourth-order valence-corrected chi connectivity index (χ4v) is 3.57. The Morgan fingerprint density at radius 2 is 2.10 bits per heavy atom. The van der Waals surface area contributed by atoms with Gasteiger partial charge in [0.1, 0.15) is 4.90 Å². The molecule has 20 heavy (non-hydrogen) atoms. The van der Waals surface area contributed by atoms with Crippen LogP contribution in [0.5, 0.6) is 0 Å². The number of carbonyl (C=O) groups excluding carboxylic acids is 1. The molecule has 3 N–H and O–H groups in total. The molecular weight excluding hydrogens is 302 g/mol. The minimum Gasteiger partial charge on any atom is -0.358 e. The maximum Gasteiger partial charge on any atom is 0.245 e. The van der Waals surface area contributed by atoms with Gasteiger partial charge in [0.05, 0.1) is 11.6 Å². The van der Waals surface area contributed by atoms with Gasteiger partial charge in [0.2, 0.25) is 15.9 Å². The van der Waals surface area contributed by atoms with Crippen LogP contribution in [-0.4, -0.2) is 38.8 Å². The van der Waals surface area contributed by atoms with Gasteiger partial charge >= 0.3 is 0 Å². The number of nitrogens with one attached hydrogen (secondary N) is 1. The highest BCUT2D eigenvalue weighted by Gasteiger charge is 2.27. The van der Waals surface area contributed by atoms with E-state index in [0.29, 0.717) is 0 Å². The molecule has 112 valence electrons. The summed E-state index contributed by atoms with van der Waals surface area (Å²) in [5.41, 5.74) is 6.22. The normalized spacial score (nSPS) is 11.7. The van der Waals surface area contributed by atoms with E-state index < -0.39 is 10.0 Å². The number of likely N-dealkylation sites (N-methyl/N-ethyl adjacent to an activating group) is 2. The van der Waals surface area contributed by atoms with Gasteiger partial charge < -0.3 is 11.1 Å². The Morgan fingerprint density at radius 3 is 2.55 bits per heavy atom. The number of nitrogens with zero attached hydrogens (tertiary/aromatic N) is 1. The van der Waals surface area contributed by atoms with Gasteiger partial charge in [0.25, 0.3) is 0 Å². The zero-order valence-electron chi connectivity index (χ0n) is 11.4. The van der Waals surface area contributed by atoms with E-state index in [0.717, 1.165) is 9.87 Å². The molecule has 0 aliphatic heterocycles. The van der Waals surface area contributed by atoms with Gasteiger partial charge in [-0.3, -0.25) is 4.79 Å². The number of sulfonamides is 1. The average Bonchev–Trinajstić information content (AvgIpc) is 2.43. The van der Waals surface area contributed by atoms with Crippen LogP contribution in [-0.2, 0) is 21.4 Å². The van der Waals surface area contributed by atoms with Gasteiger partial charge in [-0.1, -0.05) is 24.6 Å². The fourth-order valence-electron chi connectivity index (χ4n) is 1.63. The lowest BCUT2D eigenvalue weighted by Gasteiger charge is -2.20. The molecule has 0 atom stereocenters. The Balaban J connectivity index is 3.17. The smallest absolute Gasteiger partial charge is 0.245 e. The summed E-state index contributed by atoms with van der Waals surface area (Å²) in [5, 5.41) is 2.49. The van der Waals surface area contributed by atoms with Crippen LogP contribution in [0.15, 0.2) is 23.1 Å². The van der Waals surface area contributed by atoms with Gasteiger partial charge in [-0.25, -0.2) is 8.42 Å². The first-order valence-corrected chi connectivity index (χ1v) is 7.87. The summed E-state index contributed by atoms with van der Waals surface area (Å²) >= 11 is 6.00. The lowest BCUT2D eigenvalue weighted by atomic mass is 10.2. The van der Waals surface area contributed by atoms with Gasteiger partial charge in [-0.15, -0.1) is 0 Å². The molecule has 0 aliphatic rings. The zero-order chi connectivity index (χ0) is 15.3. The van der Waals surface area contributed by atoms with Crippen LogP contribution in [0.2, 0.25) is 5.02 Å². The minimum absolute atomic E-state index is 0.0258. The third kappa shape index (κ3) is 3.69. The Labute approximate surface area is 123 Å². The Hall–Kier alpha value is -1.15. The second kappa shape index (κ2) is 7.03. The third-order valence-electron chi connectivity index (χ3n) is 2.80. The molecule has 0 spiro atoms. The molecule has 0 unspecified atom stereocenters. The second-order valence-electron chi connectivity index (χ2n) is 4.07. The number of hydrogen-bond acceptors (Lipinski definition) is 4. The van der Waals surface area contributed by atoms with E-state index in [1.54, 1.807) is 13.0 Å². The van der Waals surface area contributed by atoms with Crippen molar-refractivity contribution in [1.29, 1.82) is 0 Å². The van der Waals surface area contributed by atoms with E-state index in [1.165, 1.54) is 19.2 Å². The van der Waals surface area contributed by atoms with Crippen LogP contribution < -0.4 is 11.1 Å². The minimum atomic E-state index is -3.81. The molecule has 0 bridgehead atoms. The molecule has 0 aliphatic carbocycles. The highest BCUT2D eigenvalue weighted by Crippen LogP contribution is 2.25. The van der Waals surface area contributed by atoms with Crippen LogP contribution in [0.3, 0.4) is 0 Å². The van der Waals surface area contributed by atoms with Crippen molar-refractivity contribution in [3.63, 3.8) is 0 Å². The van der Waals surface area contributed by atoms with Crippen molar-refractivity contribution in [1.82, 2.24) is 9.62 Å². The number of nitrogens with two attached hydrogens (primary N) is 1. The average molecular weight is 320 g/mol. The molecule has 0 saturated heterocycles. The van der Waals surface area contributed by atoms with E-state index in [-0.39, 0.29) is 35.5 Å². The van der Waals surface area contributed by atoms with Crippen molar-refractivity contribution < 1.29 is 13.2 Å². The van der Waals surface area contributed by atoms with Crippen molar-refractivity contribution >= 4 is 27.5 Å². The molecule has 1 aromatic carbocycles. The molecule has 1 rings (SSSR count). The van der Waals surface area contributed by atoms with Crippen molar-refractivity contribution in [3.8, 4) is 0 Å². The number of amides is 1. The first kappa shape index (κ1) is 16.9. The number of carbonyl (C=O) groups is 1. The van der Waals surface area contributed by atoms with E-state index in [4.69, 9.17) is 17.3 Å². The standard InChI is InChI=1S/C12H18ClN3O3S/c1-3-16(8-12(17)15-2)20(18,19)11-5-4-9(7-14)6-10(11)13/h4-6H,3,7-8,14H2,1-2H3,(H,15,17). The molecule has 0 radical (unpaired) electrons. The summed E-state index contributed by atoms with van der Waals surface area (Å²) in [7, 11) is -2.36. The number of hydrogen-bond donors (Lipinski definition) is 2. The van der Waals surface area contributed by atoms with Crippen LogP contribution >= 0.6 is 11.6 Å².